The van der Waals surface area contributed by atoms with Crippen molar-refractivity contribution in [2.45, 2.75) is 33.4 Å². The summed E-state index contributed by atoms with van der Waals surface area (Å²) in [6.45, 7) is 6.41. The minimum absolute atomic E-state index is 0.114. The normalized spacial score (nSPS) is 12.8. The van der Waals surface area contributed by atoms with Crippen molar-refractivity contribution in [2.24, 2.45) is 11.7 Å². The van der Waals surface area contributed by atoms with Gasteiger partial charge in [-0.05, 0) is 12.8 Å². The molecule has 1 aromatic rings. The highest BCUT2D eigenvalue weighted by molar-refractivity contribution is 5.69. The van der Waals surface area contributed by atoms with Gasteiger partial charge < -0.3 is 15.0 Å². The Balaban J connectivity index is 2.74. The Kier molecular flexibility index (Phi) is 4.49. The van der Waals surface area contributed by atoms with Gasteiger partial charge in [-0.3, -0.25) is 4.79 Å². The number of ether oxygens (including phenoxy) is 1. The molecule has 0 radical (unpaired) electrons. The van der Waals surface area contributed by atoms with Crippen molar-refractivity contribution >= 4 is 5.97 Å². The maximum atomic E-state index is 11.3. The molecule has 0 aliphatic rings. The number of imidazole rings is 1. The molecule has 0 amide bonds. The van der Waals surface area contributed by atoms with E-state index >= 15 is 0 Å². The molecule has 1 rings (SSSR count). The summed E-state index contributed by atoms with van der Waals surface area (Å²) >= 11 is 0. The number of carbonyl (C=O) groups is 1. The van der Waals surface area contributed by atoms with Gasteiger partial charge in [-0.25, -0.2) is 4.98 Å². The van der Waals surface area contributed by atoms with Gasteiger partial charge in [0.15, 0.2) is 0 Å². The zero-order valence-electron chi connectivity index (χ0n) is 10.0. The summed E-state index contributed by atoms with van der Waals surface area (Å²) in [7, 11) is 0. The van der Waals surface area contributed by atoms with Crippen LogP contribution in [0.1, 0.15) is 32.5 Å². The number of carbonyl (C=O) groups excluding carboxylic acids is 1. The van der Waals surface area contributed by atoms with Crippen LogP contribution in [-0.4, -0.2) is 22.1 Å². The number of esters is 1. The SMILES string of the molecule is CCOC(=O)Cn1cncc1C(N)C(C)C. The van der Waals surface area contributed by atoms with Gasteiger partial charge in [0.05, 0.1) is 18.6 Å². The fourth-order valence-electron chi connectivity index (χ4n) is 1.43. The average molecular weight is 225 g/mol. The molecule has 0 aliphatic heterocycles. The molecule has 1 unspecified atom stereocenters. The summed E-state index contributed by atoms with van der Waals surface area (Å²) < 4.78 is 6.62. The van der Waals surface area contributed by atoms with Gasteiger partial charge in [-0.15, -0.1) is 0 Å². The Morgan fingerprint density at radius 3 is 2.88 bits per heavy atom. The van der Waals surface area contributed by atoms with E-state index in [9.17, 15) is 4.79 Å². The maximum absolute atomic E-state index is 11.3. The standard InChI is InChI=1S/C11H19N3O2/c1-4-16-10(15)6-14-7-13-5-9(14)11(12)8(2)3/h5,7-8,11H,4,6,12H2,1-3H3. The second-order valence-electron chi connectivity index (χ2n) is 4.02. The van der Waals surface area contributed by atoms with Crippen LogP contribution >= 0.6 is 0 Å². The Morgan fingerprint density at radius 2 is 2.31 bits per heavy atom. The van der Waals surface area contributed by atoms with E-state index in [0.717, 1.165) is 5.69 Å². The summed E-state index contributed by atoms with van der Waals surface area (Å²) in [6, 6.07) is -0.114. The van der Waals surface area contributed by atoms with E-state index in [4.69, 9.17) is 10.5 Å². The molecule has 0 bridgehead atoms. The van der Waals surface area contributed by atoms with E-state index in [1.807, 2.05) is 13.8 Å². The Bertz CT molecular complexity index is 347. The van der Waals surface area contributed by atoms with E-state index in [0.29, 0.717) is 12.5 Å². The zero-order valence-corrected chi connectivity index (χ0v) is 10.0. The minimum Gasteiger partial charge on any atom is -0.465 e. The molecule has 90 valence electrons. The van der Waals surface area contributed by atoms with Crippen LogP contribution < -0.4 is 5.73 Å². The van der Waals surface area contributed by atoms with Crippen LogP contribution in [-0.2, 0) is 16.1 Å². The number of aromatic nitrogens is 2. The monoisotopic (exact) mass is 225 g/mol. The molecular weight excluding hydrogens is 206 g/mol. The van der Waals surface area contributed by atoms with E-state index in [1.54, 1.807) is 24.0 Å². The first-order valence-corrected chi connectivity index (χ1v) is 5.47. The van der Waals surface area contributed by atoms with Crippen molar-refractivity contribution in [1.82, 2.24) is 9.55 Å². The van der Waals surface area contributed by atoms with Crippen LogP contribution in [0.5, 0.6) is 0 Å². The van der Waals surface area contributed by atoms with Crippen molar-refractivity contribution in [2.75, 3.05) is 6.61 Å². The van der Waals surface area contributed by atoms with Gasteiger partial charge in [-0.2, -0.15) is 0 Å². The highest BCUT2D eigenvalue weighted by Crippen LogP contribution is 2.18. The Morgan fingerprint density at radius 1 is 1.62 bits per heavy atom. The molecule has 0 saturated carbocycles. The van der Waals surface area contributed by atoms with Gasteiger partial charge in [-0.1, -0.05) is 13.8 Å². The second-order valence-corrected chi connectivity index (χ2v) is 4.02. The molecule has 1 aromatic heterocycles. The van der Waals surface area contributed by atoms with Crippen LogP contribution in [0.25, 0.3) is 0 Å². The van der Waals surface area contributed by atoms with Gasteiger partial charge >= 0.3 is 5.97 Å². The highest BCUT2D eigenvalue weighted by atomic mass is 16.5. The molecule has 0 spiro atoms. The molecule has 5 heteroatoms. The van der Waals surface area contributed by atoms with Crippen molar-refractivity contribution in [1.29, 1.82) is 0 Å². The molecule has 0 aromatic carbocycles. The number of hydrogen-bond acceptors (Lipinski definition) is 4. The smallest absolute Gasteiger partial charge is 0.325 e. The summed E-state index contributed by atoms with van der Waals surface area (Å²) in [4.78, 5) is 15.4. The van der Waals surface area contributed by atoms with Crippen LogP contribution in [0.4, 0.5) is 0 Å². The van der Waals surface area contributed by atoms with E-state index in [2.05, 4.69) is 4.98 Å². The number of hydrogen-bond donors (Lipinski definition) is 1. The van der Waals surface area contributed by atoms with Gasteiger partial charge in [0, 0.05) is 12.2 Å². The molecule has 1 heterocycles. The zero-order chi connectivity index (χ0) is 12.1. The number of nitrogens with two attached hydrogens (primary N) is 1. The van der Waals surface area contributed by atoms with Crippen molar-refractivity contribution in [3.8, 4) is 0 Å². The quantitative estimate of drug-likeness (QED) is 0.762. The molecule has 1 atom stereocenters. The fraction of sp³-hybridized carbons (Fsp3) is 0.636. The lowest BCUT2D eigenvalue weighted by Crippen LogP contribution is -2.23. The lowest BCUT2D eigenvalue weighted by molar-refractivity contribution is -0.143. The topological polar surface area (TPSA) is 70.1 Å². The minimum atomic E-state index is -0.266. The molecule has 0 fully saturated rings. The van der Waals surface area contributed by atoms with Crippen molar-refractivity contribution in [3.63, 3.8) is 0 Å². The summed E-state index contributed by atoms with van der Waals surface area (Å²) in [5.74, 6) is 0.0374. The number of rotatable bonds is 5. The van der Waals surface area contributed by atoms with Crippen LogP contribution in [0.2, 0.25) is 0 Å². The molecule has 2 N–H and O–H groups in total. The van der Waals surface area contributed by atoms with E-state index in [-0.39, 0.29) is 18.6 Å². The van der Waals surface area contributed by atoms with Crippen LogP contribution in [0.15, 0.2) is 12.5 Å². The predicted octanol–water partition coefficient (Wildman–Crippen LogP) is 1.10. The molecule has 16 heavy (non-hydrogen) atoms. The van der Waals surface area contributed by atoms with Gasteiger partial charge in [0.25, 0.3) is 0 Å². The molecule has 0 saturated heterocycles. The largest absolute Gasteiger partial charge is 0.465 e. The maximum Gasteiger partial charge on any atom is 0.325 e. The first-order chi connectivity index (χ1) is 7.56. The second kappa shape index (κ2) is 5.65. The summed E-state index contributed by atoms with van der Waals surface area (Å²) in [6.07, 6.45) is 3.30. The third-order valence-corrected chi connectivity index (χ3v) is 2.41. The van der Waals surface area contributed by atoms with Crippen LogP contribution in [0.3, 0.4) is 0 Å². The Labute approximate surface area is 95.6 Å². The highest BCUT2D eigenvalue weighted by Gasteiger charge is 2.16. The van der Waals surface area contributed by atoms with E-state index in [1.165, 1.54) is 0 Å². The summed E-state index contributed by atoms with van der Waals surface area (Å²) in [5.41, 5.74) is 6.88. The van der Waals surface area contributed by atoms with Gasteiger partial charge in [0.2, 0.25) is 0 Å². The fourth-order valence-corrected chi connectivity index (χ4v) is 1.43. The first-order valence-electron chi connectivity index (χ1n) is 5.47. The lowest BCUT2D eigenvalue weighted by atomic mass is 10.0. The molecule has 5 nitrogen and oxygen atoms in total. The third kappa shape index (κ3) is 3.06. The third-order valence-electron chi connectivity index (χ3n) is 2.41. The van der Waals surface area contributed by atoms with Crippen molar-refractivity contribution < 1.29 is 9.53 Å². The summed E-state index contributed by atoms with van der Waals surface area (Å²) in [5, 5.41) is 0. The number of nitrogens with zero attached hydrogens (tertiary/aromatic N) is 2. The van der Waals surface area contributed by atoms with Crippen LogP contribution in [0, 0.1) is 5.92 Å². The van der Waals surface area contributed by atoms with Crippen molar-refractivity contribution in [3.05, 3.63) is 18.2 Å². The predicted molar refractivity (Wildman–Crippen MR) is 60.6 cm³/mol. The lowest BCUT2D eigenvalue weighted by Gasteiger charge is -2.17. The molecular formula is C11H19N3O2. The van der Waals surface area contributed by atoms with E-state index < -0.39 is 0 Å². The van der Waals surface area contributed by atoms with Gasteiger partial charge in [0.1, 0.15) is 6.54 Å². The average Bonchev–Trinajstić information content (AvgIpc) is 2.64. The Hall–Kier alpha value is -1.36. The molecule has 0 aliphatic carbocycles. The first kappa shape index (κ1) is 12.7.